The highest BCUT2D eigenvalue weighted by molar-refractivity contribution is 5.17. The van der Waals surface area contributed by atoms with Crippen molar-refractivity contribution >= 4 is 0 Å². The summed E-state index contributed by atoms with van der Waals surface area (Å²) in [6.45, 7) is 9.50. The molecule has 0 atom stereocenters. The molecule has 3 nitrogen and oxygen atoms in total. The standard InChI is InChI=1S/C18H27F2N3/c19-17-12-16(13-18(20)14-17)15-23-10-8-22(9-11-23)7-6-21-4-2-1-3-5-21/h12-14H,1-11,15H2. The maximum absolute atomic E-state index is 13.3. The normalized spacial score (nSPS) is 21.7. The number of likely N-dealkylation sites (tertiary alicyclic amines) is 1. The van der Waals surface area contributed by atoms with E-state index in [0.717, 1.165) is 44.4 Å². The smallest absolute Gasteiger partial charge is 0.126 e. The lowest BCUT2D eigenvalue weighted by atomic mass is 10.1. The molecule has 0 amide bonds. The van der Waals surface area contributed by atoms with Crippen molar-refractivity contribution in [2.24, 2.45) is 0 Å². The van der Waals surface area contributed by atoms with E-state index in [-0.39, 0.29) is 0 Å². The lowest BCUT2D eigenvalue weighted by Gasteiger charge is -2.36. The van der Waals surface area contributed by atoms with Crippen molar-refractivity contribution in [3.63, 3.8) is 0 Å². The van der Waals surface area contributed by atoms with Crippen LogP contribution in [0.5, 0.6) is 0 Å². The lowest BCUT2D eigenvalue weighted by molar-refractivity contribution is 0.110. The molecule has 0 saturated carbocycles. The molecule has 2 aliphatic rings. The van der Waals surface area contributed by atoms with Gasteiger partial charge in [-0.25, -0.2) is 8.78 Å². The molecule has 0 bridgehead atoms. The van der Waals surface area contributed by atoms with E-state index in [0.29, 0.717) is 6.54 Å². The van der Waals surface area contributed by atoms with Crippen LogP contribution in [0.1, 0.15) is 24.8 Å². The van der Waals surface area contributed by atoms with Gasteiger partial charge in [0.05, 0.1) is 0 Å². The van der Waals surface area contributed by atoms with E-state index in [1.54, 1.807) is 0 Å². The van der Waals surface area contributed by atoms with Crippen LogP contribution in [0, 0.1) is 11.6 Å². The van der Waals surface area contributed by atoms with E-state index >= 15 is 0 Å². The average molecular weight is 323 g/mol. The number of piperidine rings is 1. The molecule has 0 aliphatic carbocycles. The fourth-order valence-electron chi connectivity index (χ4n) is 3.60. The van der Waals surface area contributed by atoms with Crippen LogP contribution in [0.3, 0.4) is 0 Å². The van der Waals surface area contributed by atoms with Crippen LogP contribution in [-0.2, 0) is 6.54 Å². The minimum absolute atomic E-state index is 0.486. The Bertz CT molecular complexity index is 475. The molecule has 2 fully saturated rings. The first-order chi connectivity index (χ1) is 11.2. The van der Waals surface area contributed by atoms with Crippen molar-refractivity contribution in [1.82, 2.24) is 14.7 Å². The summed E-state index contributed by atoms with van der Waals surface area (Å²) in [7, 11) is 0. The number of rotatable bonds is 5. The van der Waals surface area contributed by atoms with Crippen LogP contribution in [0.25, 0.3) is 0 Å². The Kier molecular flexibility index (Phi) is 5.97. The molecule has 2 heterocycles. The van der Waals surface area contributed by atoms with Gasteiger partial charge in [0.15, 0.2) is 0 Å². The summed E-state index contributed by atoms with van der Waals surface area (Å²) in [6, 6.07) is 3.81. The Morgan fingerprint density at radius 2 is 1.17 bits per heavy atom. The second kappa shape index (κ2) is 8.18. The van der Waals surface area contributed by atoms with Gasteiger partial charge in [-0.3, -0.25) is 9.80 Å². The number of benzene rings is 1. The van der Waals surface area contributed by atoms with Crippen molar-refractivity contribution in [2.75, 3.05) is 52.4 Å². The molecule has 5 heteroatoms. The molecule has 0 N–H and O–H groups in total. The molecule has 0 spiro atoms. The van der Waals surface area contributed by atoms with Gasteiger partial charge in [0, 0.05) is 51.9 Å². The molecule has 23 heavy (non-hydrogen) atoms. The van der Waals surface area contributed by atoms with Crippen LogP contribution in [0.4, 0.5) is 8.78 Å². The summed E-state index contributed by atoms with van der Waals surface area (Å²) in [5.74, 6) is -0.972. The second-order valence-corrected chi connectivity index (χ2v) is 6.80. The van der Waals surface area contributed by atoms with Gasteiger partial charge < -0.3 is 4.90 Å². The minimum atomic E-state index is -0.486. The Morgan fingerprint density at radius 1 is 0.652 bits per heavy atom. The molecule has 1 aromatic rings. The van der Waals surface area contributed by atoms with E-state index in [2.05, 4.69) is 14.7 Å². The van der Waals surface area contributed by atoms with Gasteiger partial charge in [-0.2, -0.15) is 0 Å². The molecular formula is C18H27F2N3. The third kappa shape index (κ3) is 5.23. The highest BCUT2D eigenvalue weighted by Gasteiger charge is 2.18. The first kappa shape index (κ1) is 16.8. The minimum Gasteiger partial charge on any atom is -0.302 e. The first-order valence-corrected chi connectivity index (χ1v) is 8.81. The van der Waals surface area contributed by atoms with Crippen LogP contribution in [-0.4, -0.2) is 67.1 Å². The summed E-state index contributed by atoms with van der Waals surface area (Å²) in [4.78, 5) is 7.37. The average Bonchev–Trinajstić information content (AvgIpc) is 2.54. The van der Waals surface area contributed by atoms with E-state index in [1.807, 2.05) is 0 Å². The van der Waals surface area contributed by atoms with Crippen LogP contribution in [0.2, 0.25) is 0 Å². The van der Waals surface area contributed by atoms with Crippen LogP contribution < -0.4 is 0 Å². The molecule has 2 aliphatic heterocycles. The third-order valence-electron chi connectivity index (χ3n) is 4.97. The summed E-state index contributed by atoms with van der Waals surface area (Å²) < 4.78 is 26.5. The van der Waals surface area contributed by atoms with Gasteiger partial charge >= 0.3 is 0 Å². The largest absolute Gasteiger partial charge is 0.302 e. The monoisotopic (exact) mass is 323 g/mol. The molecule has 0 radical (unpaired) electrons. The summed E-state index contributed by atoms with van der Waals surface area (Å²) >= 11 is 0. The van der Waals surface area contributed by atoms with Crippen LogP contribution in [0.15, 0.2) is 18.2 Å². The molecule has 1 aromatic carbocycles. The quantitative estimate of drug-likeness (QED) is 0.825. The van der Waals surface area contributed by atoms with Crippen molar-refractivity contribution < 1.29 is 8.78 Å². The number of piperazine rings is 1. The van der Waals surface area contributed by atoms with E-state index in [1.165, 1.54) is 51.0 Å². The Balaban J connectivity index is 1.39. The maximum atomic E-state index is 13.3. The number of halogens is 2. The van der Waals surface area contributed by atoms with Crippen molar-refractivity contribution in [2.45, 2.75) is 25.8 Å². The van der Waals surface area contributed by atoms with Gasteiger partial charge in [-0.15, -0.1) is 0 Å². The summed E-state index contributed by atoms with van der Waals surface area (Å²) in [5, 5.41) is 0. The van der Waals surface area contributed by atoms with Gasteiger partial charge in [0.1, 0.15) is 11.6 Å². The fraction of sp³-hybridized carbons (Fsp3) is 0.667. The number of nitrogens with zero attached hydrogens (tertiary/aromatic N) is 3. The highest BCUT2D eigenvalue weighted by atomic mass is 19.1. The van der Waals surface area contributed by atoms with Gasteiger partial charge in [-0.05, 0) is 43.6 Å². The molecule has 0 aromatic heterocycles. The zero-order valence-corrected chi connectivity index (χ0v) is 13.8. The summed E-state index contributed by atoms with van der Waals surface area (Å²) in [5.41, 5.74) is 0.726. The topological polar surface area (TPSA) is 9.72 Å². The van der Waals surface area contributed by atoms with Crippen molar-refractivity contribution in [3.8, 4) is 0 Å². The Hall–Kier alpha value is -1.04. The van der Waals surface area contributed by atoms with E-state index < -0.39 is 11.6 Å². The molecule has 0 unspecified atom stereocenters. The first-order valence-electron chi connectivity index (χ1n) is 8.81. The highest BCUT2D eigenvalue weighted by Crippen LogP contribution is 2.13. The maximum Gasteiger partial charge on any atom is 0.126 e. The van der Waals surface area contributed by atoms with Crippen LogP contribution >= 0.6 is 0 Å². The predicted octanol–water partition coefficient (Wildman–Crippen LogP) is 2.57. The van der Waals surface area contributed by atoms with Crippen molar-refractivity contribution in [1.29, 1.82) is 0 Å². The van der Waals surface area contributed by atoms with E-state index in [4.69, 9.17) is 0 Å². The number of hydrogen-bond donors (Lipinski definition) is 0. The molecule has 128 valence electrons. The van der Waals surface area contributed by atoms with Gasteiger partial charge in [0.2, 0.25) is 0 Å². The molecular weight excluding hydrogens is 296 g/mol. The molecule has 3 rings (SSSR count). The zero-order chi connectivity index (χ0) is 16.1. The third-order valence-corrected chi connectivity index (χ3v) is 4.97. The molecule has 2 saturated heterocycles. The predicted molar refractivity (Wildman–Crippen MR) is 88.4 cm³/mol. The van der Waals surface area contributed by atoms with Gasteiger partial charge in [-0.1, -0.05) is 6.42 Å². The van der Waals surface area contributed by atoms with Gasteiger partial charge in [0.25, 0.3) is 0 Å². The Morgan fingerprint density at radius 3 is 1.78 bits per heavy atom. The lowest BCUT2D eigenvalue weighted by Crippen LogP contribution is -2.48. The fourth-order valence-corrected chi connectivity index (χ4v) is 3.60. The second-order valence-electron chi connectivity index (χ2n) is 6.80. The summed E-state index contributed by atoms with van der Waals surface area (Å²) in [6.07, 6.45) is 4.08. The van der Waals surface area contributed by atoms with Crippen molar-refractivity contribution in [3.05, 3.63) is 35.4 Å². The Labute approximate surface area is 137 Å². The number of hydrogen-bond acceptors (Lipinski definition) is 3. The zero-order valence-electron chi connectivity index (χ0n) is 13.8. The SMILES string of the molecule is Fc1cc(F)cc(CN2CCN(CCN3CCCCC3)CC2)c1. The van der Waals surface area contributed by atoms with E-state index in [9.17, 15) is 8.78 Å².